The number of rotatable bonds is 3. The summed E-state index contributed by atoms with van der Waals surface area (Å²) in [4.78, 5) is 7.20. The predicted octanol–water partition coefficient (Wildman–Crippen LogP) is 3.20. The maximum absolute atomic E-state index is 4.54. The van der Waals surface area contributed by atoms with Crippen molar-refractivity contribution in [1.82, 2.24) is 15.2 Å². The fourth-order valence-electron chi connectivity index (χ4n) is 3.66. The lowest BCUT2D eigenvalue weighted by Crippen LogP contribution is -2.54. The van der Waals surface area contributed by atoms with Crippen molar-refractivity contribution in [3.05, 3.63) is 28.5 Å². The maximum Gasteiger partial charge on any atom is 0.0544 e. The molecule has 1 aromatic heterocycles. The van der Waals surface area contributed by atoms with E-state index >= 15 is 0 Å². The monoisotopic (exact) mass is 337 g/mol. The summed E-state index contributed by atoms with van der Waals surface area (Å²) in [5.41, 5.74) is 1.19. The quantitative estimate of drug-likeness (QED) is 0.917. The molecule has 1 saturated carbocycles. The van der Waals surface area contributed by atoms with Crippen molar-refractivity contribution >= 4 is 15.9 Å². The molecule has 1 atom stereocenters. The minimum Gasteiger partial charge on any atom is -0.314 e. The highest BCUT2D eigenvalue weighted by molar-refractivity contribution is 9.10. The van der Waals surface area contributed by atoms with Gasteiger partial charge in [0.05, 0.1) is 5.69 Å². The first kappa shape index (κ1) is 14.5. The lowest BCUT2D eigenvalue weighted by Gasteiger charge is -2.42. The van der Waals surface area contributed by atoms with Gasteiger partial charge in [-0.1, -0.05) is 19.3 Å². The first-order valence-corrected chi connectivity index (χ1v) is 8.67. The van der Waals surface area contributed by atoms with Crippen molar-refractivity contribution in [3.8, 4) is 0 Å². The summed E-state index contributed by atoms with van der Waals surface area (Å²) in [6.45, 7) is 4.41. The molecule has 1 aliphatic carbocycles. The molecular weight excluding hydrogens is 314 g/mol. The zero-order valence-electron chi connectivity index (χ0n) is 12.0. The molecule has 0 radical (unpaired) electrons. The predicted molar refractivity (Wildman–Crippen MR) is 85.6 cm³/mol. The van der Waals surface area contributed by atoms with E-state index in [2.05, 4.69) is 43.3 Å². The number of nitrogens with zero attached hydrogens (tertiary/aromatic N) is 2. The Balaban J connectivity index is 1.66. The van der Waals surface area contributed by atoms with Crippen molar-refractivity contribution in [2.24, 2.45) is 5.92 Å². The molecule has 110 valence electrons. The number of nitrogens with one attached hydrogen (secondary N) is 1. The van der Waals surface area contributed by atoms with Crippen LogP contribution >= 0.6 is 15.9 Å². The van der Waals surface area contributed by atoms with Crippen molar-refractivity contribution in [2.45, 2.75) is 44.7 Å². The maximum atomic E-state index is 4.54. The topological polar surface area (TPSA) is 28.2 Å². The van der Waals surface area contributed by atoms with Crippen LogP contribution in [0.2, 0.25) is 0 Å². The third kappa shape index (κ3) is 3.60. The van der Waals surface area contributed by atoms with Crippen molar-refractivity contribution in [1.29, 1.82) is 0 Å². The molecule has 2 fully saturated rings. The van der Waals surface area contributed by atoms with E-state index < -0.39 is 0 Å². The van der Waals surface area contributed by atoms with Gasteiger partial charge in [-0.05, 0) is 46.8 Å². The molecule has 1 unspecified atom stereocenters. The van der Waals surface area contributed by atoms with Gasteiger partial charge < -0.3 is 5.32 Å². The number of pyridine rings is 1. The third-order valence-electron chi connectivity index (χ3n) is 4.75. The van der Waals surface area contributed by atoms with E-state index in [1.165, 1.54) is 37.8 Å². The van der Waals surface area contributed by atoms with Gasteiger partial charge in [-0.15, -0.1) is 0 Å². The van der Waals surface area contributed by atoms with Crippen LogP contribution in [-0.2, 0) is 6.54 Å². The smallest absolute Gasteiger partial charge is 0.0544 e. The second-order valence-electron chi connectivity index (χ2n) is 6.11. The third-order valence-corrected chi connectivity index (χ3v) is 5.22. The Bertz CT molecular complexity index is 414. The van der Waals surface area contributed by atoms with Crippen LogP contribution in [0.1, 0.15) is 37.8 Å². The Morgan fingerprint density at radius 3 is 2.85 bits per heavy atom. The van der Waals surface area contributed by atoms with Crippen LogP contribution < -0.4 is 5.32 Å². The van der Waals surface area contributed by atoms with Gasteiger partial charge in [-0.25, -0.2) is 0 Å². The molecule has 1 aromatic rings. The normalized spacial score (nSPS) is 25.8. The molecule has 3 nitrogen and oxygen atoms in total. The molecule has 20 heavy (non-hydrogen) atoms. The fourth-order valence-corrected chi connectivity index (χ4v) is 3.89. The van der Waals surface area contributed by atoms with Gasteiger partial charge in [-0.3, -0.25) is 9.88 Å². The zero-order valence-corrected chi connectivity index (χ0v) is 13.6. The van der Waals surface area contributed by atoms with Crippen molar-refractivity contribution < 1.29 is 0 Å². The molecule has 1 N–H and O–H groups in total. The fraction of sp³-hybridized carbons (Fsp3) is 0.688. The van der Waals surface area contributed by atoms with E-state index in [1.807, 2.05) is 6.20 Å². The Labute approximate surface area is 130 Å². The van der Waals surface area contributed by atoms with Gasteiger partial charge in [-0.2, -0.15) is 0 Å². The summed E-state index contributed by atoms with van der Waals surface area (Å²) in [5.74, 6) is 0.881. The standard InChI is InChI=1S/C16H24BrN3/c17-14-6-7-15(19-10-14)12-20-9-8-18-11-16(20)13-4-2-1-3-5-13/h6-7,10,13,16,18H,1-5,8-9,11-12H2. The summed E-state index contributed by atoms with van der Waals surface area (Å²) in [5, 5.41) is 3.59. The highest BCUT2D eigenvalue weighted by Gasteiger charge is 2.30. The Hall–Kier alpha value is -0.450. The summed E-state index contributed by atoms with van der Waals surface area (Å²) >= 11 is 3.46. The van der Waals surface area contributed by atoms with Gasteiger partial charge in [0, 0.05) is 42.9 Å². The molecule has 3 rings (SSSR count). The van der Waals surface area contributed by atoms with Gasteiger partial charge in [0.2, 0.25) is 0 Å². The van der Waals surface area contributed by atoms with Gasteiger partial charge in [0.25, 0.3) is 0 Å². The second kappa shape index (κ2) is 7.01. The van der Waals surface area contributed by atoms with E-state index in [0.29, 0.717) is 6.04 Å². The minimum atomic E-state index is 0.703. The first-order chi connectivity index (χ1) is 9.83. The molecule has 0 spiro atoms. The molecule has 4 heteroatoms. The van der Waals surface area contributed by atoms with E-state index in [9.17, 15) is 0 Å². The number of aromatic nitrogens is 1. The van der Waals surface area contributed by atoms with Crippen molar-refractivity contribution in [3.63, 3.8) is 0 Å². The molecule has 0 bridgehead atoms. The number of hydrogen-bond acceptors (Lipinski definition) is 3. The molecular formula is C16H24BrN3. The lowest BCUT2D eigenvalue weighted by atomic mass is 9.82. The molecule has 1 saturated heterocycles. The van der Waals surface area contributed by atoms with Gasteiger partial charge >= 0.3 is 0 Å². The van der Waals surface area contributed by atoms with Crippen LogP contribution in [-0.4, -0.2) is 35.6 Å². The molecule has 0 amide bonds. The summed E-state index contributed by atoms with van der Waals surface area (Å²) in [7, 11) is 0. The summed E-state index contributed by atoms with van der Waals surface area (Å²) in [6, 6.07) is 4.94. The van der Waals surface area contributed by atoms with E-state index in [-0.39, 0.29) is 0 Å². The Kier molecular flexibility index (Phi) is 5.08. The SMILES string of the molecule is Brc1ccc(CN2CCNCC2C2CCCCC2)nc1. The average molecular weight is 338 g/mol. The minimum absolute atomic E-state index is 0.703. The van der Waals surface area contributed by atoms with Crippen LogP contribution in [0.25, 0.3) is 0 Å². The molecule has 1 aliphatic heterocycles. The van der Waals surface area contributed by atoms with Crippen LogP contribution in [0.5, 0.6) is 0 Å². The Morgan fingerprint density at radius 2 is 2.10 bits per heavy atom. The zero-order chi connectivity index (χ0) is 13.8. The van der Waals surface area contributed by atoms with Crippen molar-refractivity contribution in [2.75, 3.05) is 19.6 Å². The summed E-state index contributed by atoms with van der Waals surface area (Å²) < 4.78 is 1.06. The number of hydrogen-bond donors (Lipinski definition) is 1. The van der Waals surface area contributed by atoms with Crippen LogP contribution in [0, 0.1) is 5.92 Å². The second-order valence-corrected chi connectivity index (χ2v) is 7.02. The number of piperazine rings is 1. The average Bonchev–Trinajstić information content (AvgIpc) is 2.51. The first-order valence-electron chi connectivity index (χ1n) is 7.88. The van der Waals surface area contributed by atoms with Crippen LogP contribution in [0.4, 0.5) is 0 Å². The Morgan fingerprint density at radius 1 is 1.25 bits per heavy atom. The van der Waals surface area contributed by atoms with Crippen LogP contribution in [0.3, 0.4) is 0 Å². The summed E-state index contributed by atoms with van der Waals surface area (Å²) in [6.07, 6.45) is 9.02. The van der Waals surface area contributed by atoms with E-state index in [0.717, 1.165) is 36.6 Å². The van der Waals surface area contributed by atoms with E-state index in [1.54, 1.807) is 0 Å². The van der Waals surface area contributed by atoms with E-state index in [4.69, 9.17) is 0 Å². The molecule has 2 heterocycles. The molecule has 0 aromatic carbocycles. The highest BCUT2D eigenvalue weighted by atomic mass is 79.9. The number of halogens is 1. The van der Waals surface area contributed by atoms with Gasteiger partial charge in [0.15, 0.2) is 0 Å². The van der Waals surface area contributed by atoms with Crippen LogP contribution in [0.15, 0.2) is 22.8 Å². The lowest BCUT2D eigenvalue weighted by molar-refractivity contribution is 0.0848. The van der Waals surface area contributed by atoms with Gasteiger partial charge in [0.1, 0.15) is 0 Å². The largest absolute Gasteiger partial charge is 0.314 e. The molecule has 2 aliphatic rings. The highest BCUT2D eigenvalue weighted by Crippen LogP contribution is 2.30.